The summed E-state index contributed by atoms with van der Waals surface area (Å²) in [7, 11) is 1.81. The lowest BCUT2D eigenvalue weighted by molar-refractivity contribution is -0.353. The molecule has 6 fully saturated rings. The fraction of sp³-hybridized carbons (Fsp3) is 1.00. The minimum Gasteiger partial charge on any atom is -0.381 e. The van der Waals surface area contributed by atoms with Crippen LogP contribution in [0.4, 0.5) is 0 Å². The largest absolute Gasteiger partial charge is 0.381 e. The molecule has 0 aliphatic carbocycles. The third kappa shape index (κ3) is 13.0. The minimum absolute atomic E-state index is 0.0283. The molecule has 6 saturated heterocycles. The first-order chi connectivity index (χ1) is 33.0. The molecular formula is C59H110O11. The van der Waals surface area contributed by atoms with Crippen molar-refractivity contribution in [3.63, 3.8) is 0 Å². The van der Waals surface area contributed by atoms with Crippen molar-refractivity contribution in [3.8, 4) is 0 Å². The van der Waals surface area contributed by atoms with Gasteiger partial charge in [-0.15, -0.1) is 0 Å². The predicted octanol–water partition coefficient (Wildman–Crippen LogP) is 13.0. The summed E-state index contributed by atoms with van der Waals surface area (Å²) in [5.74, 6) is 5.01. The molecule has 0 radical (unpaired) electrons. The van der Waals surface area contributed by atoms with Crippen LogP contribution in [0, 0.1) is 82.9 Å². The zero-order valence-corrected chi connectivity index (χ0v) is 48.9. The lowest BCUT2D eigenvalue weighted by Gasteiger charge is -2.51. The molecule has 0 aromatic carbocycles. The predicted molar refractivity (Wildman–Crippen MR) is 279 cm³/mol. The van der Waals surface area contributed by atoms with E-state index < -0.39 is 0 Å². The highest BCUT2D eigenvalue weighted by Gasteiger charge is 2.52. The van der Waals surface area contributed by atoms with E-state index in [-0.39, 0.29) is 122 Å². The van der Waals surface area contributed by atoms with Crippen LogP contribution in [-0.2, 0) is 52.1 Å². The van der Waals surface area contributed by atoms with Crippen molar-refractivity contribution in [3.05, 3.63) is 0 Å². The van der Waals surface area contributed by atoms with E-state index in [9.17, 15) is 0 Å². The summed E-state index contributed by atoms with van der Waals surface area (Å²) in [6, 6.07) is 0. The van der Waals surface area contributed by atoms with Crippen LogP contribution in [0.15, 0.2) is 0 Å². The Balaban J connectivity index is 0.000000262. The first-order valence-electron chi connectivity index (χ1n) is 29.1. The molecule has 0 saturated carbocycles. The lowest BCUT2D eigenvalue weighted by atomic mass is 9.77. The summed E-state index contributed by atoms with van der Waals surface area (Å²) in [6.45, 7) is 49.4. The molecule has 0 aromatic rings. The van der Waals surface area contributed by atoms with Gasteiger partial charge in [-0.2, -0.15) is 0 Å². The van der Waals surface area contributed by atoms with Crippen LogP contribution in [0.2, 0.25) is 0 Å². The Morgan fingerprint density at radius 3 is 1.23 bits per heavy atom. The quantitative estimate of drug-likeness (QED) is 0.157. The zero-order valence-electron chi connectivity index (χ0n) is 48.9. The molecule has 6 heterocycles. The van der Waals surface area contributed by atoms with Gasteiger partial charge in [-0.25, -0.2) is 0 Å². The van der Waals surface area contributed by atoms with Gasteiger partial charge in [0.1, 0.15) is 6.10 Å². The molecule has 70 heavy (non-hydrogen) atoms. The normalized spacial score (nSPS) is 51.4. The van der Waals surface area contributed by atoms with Gasteiger partial charge in [-0.3, -0.25) is 0 Å². The van der Waals surface area contributed by atoms with Gasteiger partial charge in [0.05, 0.1) is 73.2 Å². The molecule has 0 spiro atoms. The molecule has 11 heteroatoms. The Morgan fingerprint density at radius 1 is 0.300 bits per heavy atom. The molecule has 0 amide bonds. The van der Waals surface area contributed by atoms with Crippen molar-refractivity contribution in [2.45, 2.75) is 289 Å². The molecule has 0 N–H and O–H groups in total. The third-order valence-electron chi connectivity index (χ3n) is 19.9. The van der Waals surface area contributed by atoms with Gasteiger partial charge in [0.2, 0.25) is 0 Å². The standard InChI is InChI=1S/C31H58O6.C28H52O5/c1-13-23-21(10)27(32-12)22(11)31(34-23)37-29-19(8)20(9)30(35-25(29)15-3)36-28-18(7)17(6)26(16(4)5)33-24(28)14-2;1-12-23-16(5)17(6)26(33-27-18(7)14(3)15(4)21(10)30-27)28(31-23)32-25-19(8)22(11)29-24(13-2)20(25)9/h16-31H,13-15H2,1-12H3;14-28H,12-13H2,1-11H3/t17?,18-,19-,20?,21+,22?,23?,24?,25?,26+,27+,28+,29-,30+,31-;14-,15-,16+,17-,18?,19?,20-,21?,22-,23?,24?,25+,26?,27-,28-/m10/s1. The van der Waals surface area contributed by atoms with E-state index in [0.29, 0.717) is 65.1 Å². The van der Waals surface area contributed by atoms with Crippen LogP contribution in [0.5, 0.6) is 0 Å². The highest BCUT2D eigenvalue weighted by atomic mass is 16.7. The summed E-state index contributed by atoms with van der Waals surface area (Å²) in [6.07, 6.45) is 4.75. The average molecular weight is 996 g/mol. The van der Waals surface area contributed by atoms with Crippen LogP contribution >= 0.6 is 0 Å². The number of rotatable bonds is 15. The summed E-state index contributed by atoms with van der Waals surface area (Å²) in [5, 5.41) is 0. The molecule has 12 unspecified atom stereocenters. The molecule has 412 valence electrons. The fourth-order valence-corrected chi connectivity index (χ4v) is 13.5. The van der Waals surface area contributed by atoms with Gasteiger partial charge in [0.25, 0.3) is 0 Å². The van der Waals surface area contributed by atoms with Crippen molar-refractivity contribution >= 4 is 0 Å². The second-order valence-corrected chi connectivity index (χ2v) is 24.4. The minimum atomic E-state index is -0.389. The number of methoxy groups -OCH3 is 1. The highest BCUT2D eigenvalue weighted by molar-refractivity contribution is 4.95. The van der Waals surface area contributed by atoms with E-state index in [2.05, 4.69) is 152 Å². The van der Waals surface area contributed by atoms with Gasteiger partial charge in [-0.05, 0) is 93.3 Å². The summed E-state index contributed by atoms with van der Waals surface area (Å²) >= 11 is 0. The maximum atomic E-state index is 6.89. The second kappa shape index (κ2) is 26.6. The van der Waals surface area contributed by atoms with Crippen molar-refractivity contribution in [2.75, 3.05) is 7.11 Å². The van der Waals surface area contributed by atoms with E-state index in [1.165, 1.54) is 0 Å². The van der Waals surface area contributed by atoms with E-state index in [4.69, 9.17) is 52.1 Å². The van der Waals surface area contributed by atoms with E-state index in [0.717, 1.165) is 32.1 Å². The molecular weight excluding hydrogens is 885 g/mol. The number of hydrogen-bond donors (Lipinski definition) is 0. The molecule has 30 atom stereocenters. The topological polar surface area (TPSA) is 102 Å². The van der Waals surface area contributed by atoms with Crippen molar-refractivity contribution < 1.29 is 52.1 Å². The SMILES string of the molecule is CCC1O[C@@H](C(C)C)C(C)[C@@H](C)[C@@H]1O[C@@H]1OC(CC)[C@H](O[C@H]2OC(CC)[C@H](C)[C@H](OC)C2C)[C@H](C)C1C.CCC1O[C@@H](O[C@@H]2C(C)[C@H](C)OC(CC)[C@@H]2C)C(O[C@@H]2OC(C)[C@@H](C)[C@H](C)C2C)[C@@H](C)[C@H]1C. The maximum absolute atomic E-state index is 6.89. The smallest absolute Gasteiger partial charge is 0.184 e. The third-order valence-corrected chi connectivity index (χ3v) is 19.9. The number of hydrogen-bond acceptors (Lipinski definition) is 11. The first kappa shape index (κ1) is 60.4. The average Bonchev–Trinajstić information content (AvgIpc) is 3.33. The van der Waals surface area contributed by atoms with Crippen LogP contribution in [-0.4, -0.2) is 112 Å². The highest BCUT2D eigenvalue weighted by Crippen LogP contribution is 2.45. The number of ether oxygens (including phenoxy) is 11. The molecule has 11 nitrogen and oxygen atoms in total. The Bertz CT molecular complexity index is 1510. The monoisotopic (exact) mass is 995 g/mol. The lowest BCUT2D eigenvalue weighted by Crippen LogP contribution is -2.58. The van der Waals surface area contributed by atoms with Gasteiger partial charge in [0.15, 0.2) is 25.2 Å². The fourth-order valence-electron chi connectivity index (χ4n) is 13.5. The molecule has 6 aliphatic heterocycles. The molecule has 6 rings (SSSR count). The van der Waals surface area contributed by atoms with Crippen molar-refractivity contribution in [2.24, 2.45) is 82.9 Å². The molecule has 0 bridgehead atoms. The van der Waals surface area contributed by atoms with Crippen molar-refractivity contribution in [1.82, 2.24) is 0 Å². The van der Waals surface area contributed by atoms with Crippen LogP contribution in [0.3, 0.4) is 0 Å². The molecule has 0 aromatic heterocycles. The summed E-state index contributed by atoms with van der Waals surface area (Å²) in [5.41, 5.74) is 0. The first-order valence-corrected chi connectivity index (χ1v) is 29.1. The van der Waals surface area contributed by atoms with E-state index in [1.807, 2.05) is 7.11 Å². The van der Waals surface area contributed by atoms with Gasteiger partial charge < -0.3 is 52.1 Å². The zero-order chi connectivity index (χ0) is 52.2. The van der Waals surface area contributed by atoms with Gasteiger partial charge >= 0.3 is 0 Å². The van der Waals surface area contributed by atoms with Gasteiger partial charge in [0, 0.05) is 42.6 Å². The molecule has 6 aliphatic rings. The maximum Gasteiger partial charge on any atom is 0.184 e. The summed E-state index contributed by atoms with van der Waals surface area (Å²) < 4.78 is 72.4. The summed E-state index contributed by atoms with van der Waals surface area (Å²) in [4.78, 5) is 0. The Morgan fingerprint density at radius 2 is 0.686 bits per heavy atom. The Kier molecular flexibility index (Phi) is 22.9. The van der Waals surface area contributed by atoms with E-state index >= 15 is 0 Å². The van der Waals surface area contributed by atoms with Gasteiger partial charge in [-0.1, -0.05) is 138 Å². The van der Waals surface area contributed by atoms with Crippen LogP contribution in [0.1, 0.15) is 184 Å². The second-order valence-electron chi connectivity index (χ2n) is 24.4. The Hall–Kier alpha value is -0.440. The Labute approximate surface area is 429 Å². The van der Waals surface area contributed by atoms with Crippen LogP contribution < -0.4 is 0 Å². The van der Waals surface area contributed by atoms with Crippen molar-refractivity contribution in [1.29, 1.82) is 0 Å². The van der Waals surface area contributed by atoms with Crippen LogP contribution in [0.25, 0.3) is 0 Å². The van der Waals surface area contributed by atoms with E-state index in [1.54, 1.807) is 0 Å².